The predicted molar refractivity (Wildman–Crippen MR) is 271 cm³/mol. The van der Waals surface area contributed by atoms with Crippen LogP contribution in [-0.2, 0) is 30.5 Å². The number of Topliss-reactive ketones (excluding diaryl/α,β-unsaturated/α-hetero) is 1. The molecule has 5 atom stereocenters. The lowest BCUT2D eigenvalue weighted by atomic mass is 9.76. The zero-order valence-electron chi connectivity index (χ0n) is 40.8. The Morgan fingerprint density at radius 3 is 2.31 bits per heavy atom. The Balaban J connectivity index is 0.886. The lowest BCUT2D eigenvalue weighted by Gasteiger charge is -2.35. The SMILES string of the molecule is COC(=O)C[C@@H]1N=C(c2ccc(-c3ccc4c(cnn4CC(=O)C[C@H](C(=O)N4C[C@H](O)C[C@H]4C(=O)N[C@@H](C)c4ccc(-c5scnc5C)cc4)C(C)(C)C)c3)cc2)c2c(sc(C)c2C)-n2c(C)nnc21. The van der Waals surface area contributed by atoms with E-state index in [0.717, 1.165) is 76.0 Å². The van der Waals surface area contributed by atoms with Crippen molar-refractivity contribution in [3.05, 3.63) is 123 Å². The number of aliphatic hydroxyl groups is 1. The van der Waals surface area contributed by atoms with E-state index in [1.165, 1.54) is 12.0 Å². The Morgan fingerprint density at radius 1 is 0.929 bits per heavy atom. The Bertz CT molecular complexity index is 3180. The van der Waals surface area contributed by atoms with Gasteiger partial charge in [-0.25, -0.2) is 4.98 Å². The fourth-order valence-electron chi connectivity index (χ4n) is 9.60. The van der Waals surface area contributed by atoms with Crippen LogP contribution in [0.5, 0.6) is 0 Å². The molecule has 0 bridgehead atoms. The van der Waals surface area contributed by atoms with Gasteiger partial charge in [0, 0.05) is 46.7 Å². The summed E-state index contributed by atoms with van der Waals surface area (Å²) in [7, 11) is 1.37. The zero-order valence-corrected chi connectivity index (χ0v) is 42.4. The van der Waals surface area contributed by atoms with E-state index in [1.807, 2.05) is 106 Å². The summed E-state index contributed by atoms with van der Waals surface area (Å²) in [5, 5.41) is 29.1. The lowest BCUT2D eigenvalue weighted by molar-refractivity contribution is -0.146. The number of aryl methyl sites for hydroxylation is 3. The van der Waals surface area contributed by atoms with Crippen molar-refractivity contribution in [2.24, 2.45) is 16.3 Å². The quantitative estimate of drug-likeness (QED) is 0.106. The Labute approximate surface area is 414 Å². The number of ether oxygens (including phenoxy) is 1. The number of carbonyl (C=O) groups is 4. The molecule has 3 aromatic carbocycles. The highest BCUT2D eigenvalue weighted by molar-refractivity contribution is 7.15. The normalized spacial score (nSPS) is 17.7. The van der Waals surface area contributed by atoms with Crippen LogP contribution in [0.1, 0.15) is 104 Å². The van der Waals surface area contributed by atoms with E-state index in [-0.39, 0.29) is 62.0 Å². The molecule has 0 saturated carbocycles. The van der Waals surface area contributed by atoms with E-state index in [9.17, 15) is 24.3 Å². The third-order valence-electron chi connectivity index (χ3n) is 13.7. The summed E-state index contributed by atoms with van der Waals surface area (Å²) in [4.78, 5) is 68.1. The van der Waals surface area contributed by atoms with E-state index in [1.54, 1.807) is 33.6 Å². The molecular formula is C53H57N9O6S2. The number of rotatable bonds is 13. The first-order valence-electron chi connectivity index (χ1n) is 23.4. The number of methoxy groups -OCH3 is 1. The summed E-state index contributed by atoms with van der Waals surface area (Å²) in [5.74, 6) is -0.669. The standard InChI is InChI=1S/C53H57N9O6S2/c1-28-31(4)70-52-46(28)47(57-42(23-45(65)68-9)49-59-58-32(5)62(49)52)35-14-12-34(13-15-35)37-18-19-43-38(20-37)24-55-61(43)26-39(63)21-41(53(6,7)8)51(67)60-25-40(64)22-44(60)50(66)56-29(2)33-10-16-36(17-11-33)48-30(3)54-27-69-48/h10-20,24,27,29,40-42,44,64H,21-23,25-26H2,1-9H3,(H,56,66)/t29-,40+,41+,42-,44-/m0/s1. The van der Waals surface area contributed by atoms with Gasteiger partial charge in [0.05, 0.1) is 59.2 Å². The highest BCUT2D eigenvalue weighted by atomic mass is 32.1. The monoisotopic (exact) mass is 979 g/mol. The van der Waals surface area contributed by atoms with Crippen molar-refractivity contribution in [2.75, 3.05) is 13.7 Å². The van der Waals surface area contributed by atoms with Crippen LogP contribution in [0, 0.1) is 39.0 Å². The lowest BCUT2D eigenvalue weighted by Crippen LogP contribution is -2.50. The van der Waals surface area contributed by atoms with E-state index in [2.05, 4.69) is 51.6 Å². The van der Waals surface area contributed by atoms with Gasteiger partial charge < -0.3 is 20.1 Å². The molecule has 1 saturated heterocycles. The molecule has 0 aliphatic carbocycles. The predicted octanol–water partition coefficient (Wildman–Crippen LogP) is 8.62. The van der Waals surface area contributed by atoms with E-state index in [4.69, 9.17) is 9.73 Å². The Kier molecular flexibility index (Phi) is 13.3. The second-order valence-electron chi connectivity index (χ2n) is 19.5. The maximum atomic E-state index is 14.4. The summed E-state index contributed by atoms with van der Waals surface area (Å²) < 4.78 is 8.72. The molecule has 4 aromatic heterocycles. The molecule has 2 N–H and O–H groups in total. The number of likely N-dealkylation sites (tertiary alicyclic amines) is 1. The molecule has 0 spiro atoms. The summed E-state index contributed by atoms with van der Waals surface area (Å²) in [5.41, 5.74) is 10.6. The molecule has 6 heterocycles. The Morgan fingerprint density at radius 2 is 1.63 bits per heavy atom. The van der Waals surface area contributed by atoms with Gasteiger partial charge in [0.2, 0.25) is 11.8 Å². The van der Waals surface area contributed by atoms with E-state index in [0.29, 0.717) is 11.6 Å². The number of thiophene rings is 1. The van der Waals surface area contributed by atoms with Gasteiger partial charge in [-0.1, -0.05) is 75.4 Å². The number of nitrogens with one attached hydrogen (secondary N) is 1. The summed E-state index contributed by atoms with van der Waals surface area (Å²) in [6.45, 7) is 15.7. The van der Waals surface area contributed by atoms with Crippen LogP contribution < -0.4 is 5.32 Å². The number of esters is 1. The largest absolute Gasteiger partial charge is 0.469 e. The van der Waals surface area contributed by atoms with Crippen molar-refractivity contribution in [1.82, 2.24) is 39.7 Å². The van der Waals surface area contributed by atoms with Gasteiger partial charge in [-0.15, -0.1) is 32.9 Å². The fourth-order valence-corrected chi connectivity index (χ4v) is 11.6. The number of hydrogen-bond acceptors (Lipinski definition) is 13. The number of thiazole rings is 1. The summed E-state index contributed by atoms with van der Waals surface area (Å²) in [6, 6.07) is 20.3. The number of aliphatic imine (C=N–C) groups is 1. The number of β-amino-alcohol motifs (C(OH)–C–C–N with tert-alkyl or cyclic N) is 1. The molecule has 0 unspecified atom stereocenters. The number of aliphatic hydroxyl groups excluding tert-OH is 1. The van der Waals surface area contributed by atoms with Crippen molar-refractivity contribution < 1.29 is 29.0 Å². The molecule has 15 nitrogen and oxygen atoms in total. The fraction of sp³-hybridized carbons (Fsp3) is 0.377. The van der Waals surface area contributed by atoms with Crippen molar-refractivity contribution >= 4 is 62.9 Å². The number of hydrogen-bond donors (Lipinski definition) is 2. The number of fused-ring (bicyclic) bond motifs is 4. The van der Waals surface area contributed by atoms with Crippen molar-refractivity contribution in [3.63, 3.8) is 0 Å². The van der Waals surface area contributed by atoms with E-state index < -0.39 is 29.5 Å². The first-order valence-corrected chi connectivity index (χ1v) is 25.1. The molecule has 17 heteroatoms. The van der Waals surface area contributed by atoms with Gasteiger partial charge in [0.1, 0.15) is 29.5 Å². The Hall–Kier alpha value is -6.69. The number of aromatic nitrogens is 6. The van der Waals surface area contributed by atoms with Crippen LogP contribution in [0.15, 0.2) is 83.4 Å². The van der Waals surface area contributed by atoms with Gasteiger partial charge in [-0.3, -0.25) is 33.4 Å². The highest BCUT2D eigenvalue weighted by Crippen LogP contribution is 2.40. The third-order valence-corrected chi connectivity index (χ3v) is 15.9. The maximum Gasteiger partial charge on any atom is 0.308 e. The first kappa shape index (κ1) is 48.3. The number of nitrogens with zero attached hydrogens (tertiary/aromatic N) is 8. The van der Waals surface area contributed by atoms with Crippen LogP contribution >= 0.6 is 22.7 Å². The van der Waals surface area contributed by atoms with Gasteiger partial charge >= 0.3 is 5.97 Å². The zero-order chi connectivity index (χ0) is 49.8. The smallest absolute Gasteiger partial charge is 0.308 e. The van der Waals surface area contributed by atoms with Crippen LogP contribution in [0.2, 0.25) is 0 Å². The minimum atomic E-state index is -0.879. The minimum Gasteiger partial charge on any atom is -0.469 e. The summed E-state index contributed by atoms with van der Waals surface area (Å²) >= 11 is 3.23. The van der Waals surface area contributed by atoms with Gasteiger partial charge in [0.25, 0.3) is 0 Å². The molecule has 9 rings (SSSR count). The van der Waals surface area contributed by atoms with Gasteiger partial charge in [-0.2, -0.15) is 5.10 Å². The van der Waals surface area contributed by atoms with Crippen LogP contribution in [0.4, 0.5) is 0 Å². The van der Waals surface area contributed by atoms with Crippen molar-refractivity contribution in [1.29, 1.82) is 0 Å². The molecule has 2 aliphatic rings. The second kappa shape index (κ2) is 19.2. The van der Waals surface area contributed by atoms with Gasteiger partial charge in [0.15, 0.2) is 11.6 Å². The molecule has 70 heavy (non-hydrogen) atoms. The van der Waals surface area contributed by atoms with Crippen molar-refractivity contribution in [2.45, 2.75) is 105 Å². The summed E-state index contributed by atoms with van der Waals surface area (Å²) in [6.07, 6.45) is 0.945. The van der Waals surface area contributed by atoms with Gasteiger partial charge in [-0.05, 0) is 80.0 Å². The second-order valence-corrected chi connectivity index (χ2v) is 21.6. The molecule has 7 aromatic rings. The highest BCUT2D eigenvalue weighted by Gasteiger charge is 2.45. The third kappa shape index (κ3) is 9.37. The molecule has 1 fully saturated rings. The van der Waals surface area contributed by atoms with Crippen molar-refractivity contribution in [3.8, 4) is 26.6 Å². The topological polar surface area (TPSA) is 187 Å². The van der Waals surface area contributed by atoms with E-state index >= 15 is 0 Å². The number of benzene rings is 3. The minimum absolute atomic E-state index is 0.00925. The molecule has 2 amide bonds. The average molecular weight is 980 g/mol. The first-order chi connectivity index (χ1) is 33.4. The van der Waals surface area contributed by atoms with Crippen LogP contribution in [0.3, 0.4) is 0 Å². The number of amides is 2. The molecule has 2 aliphatic heterocycles. The number of ketones is 1. The van der Waals surface area contributed by atoms with Crippen LogP contribution in [0.25, 0.3) is 37.5 Å². The average Bonchev–Trinajstić information content (AvgIpc) is 4.17. The van der Waals surface area contributed by atoms with Crippen LogP contribution in [-0.4, -0.2) is 94.6 Å². The molecule has 362 valence electrons. The number of carbonyl (C=O) groups excluding carboxylic acids is 4. The maximum absolute atomic E-state index is 14.4. The molecule has 0 radical (unpaired) electrons. The molecular weight excluding hydrogens is 923 g/mol.